The summed E-state index contributed by atoms with van der Waals surface area (Å²) in [5, 5.41) is 7.07. The Bertz CT molecular complexity index is 1330. The molecule has 1 N–H and O–H groups in total. The number of aromatic nitrogens is 3. The predicted molar refractivity (Wildman–Crippen MR) is 125 cm³/mol. The Morgan fingerprint density at radius 1 is 0.935 bits per heavy atom. The number of rotatable bonds is 6. The monoisotopic (exact) mass is 424 g/mol. The van der Waals surface area contributed by atoms with Crippen LogP contribution in [-0.4, -0.2) is 15.0 Å². The van der Waals surface area contributed by atoms with E-state index >= 15 is 0 Å². The van der Waals surface area contributed by atoms with E-state index in [-0.39, 0.29) is 0 Å². The zero-order chi connectivity index (χ0) is 21.0. The molecule has 0 aliphatic carbocycles. The molecule has 0 fully saturated rings. The van der Waals surface area contributed by atoms with Crippen LogP contribution in [0, 0.1) is 6.92 Å². The zero-order valence-electron chi connectivity index (χ0n) is 16.9. The normalized spacial score (nSPS) is 10.9. The number of anilines is 2. The van der Waals surface area contributed by atoms with Crippen molar-refractivity contribution >= 4 is 33.2 Å². The first-order valence-electron chi connectivity index (χ1n) is 9.98. The standard InChI is InChI=1S/C25H20N4OS/c1-17-16-31-25(28-17)29-24-14-23(19(15-27-24)13-18-7-3-2-4-8-18)30-22-11-5-10-21-20(22)9-6-12-26-21/h2-12,14-16H,13H2,1H3,(H,27,28,29). The molecule has 2 aromatic carbocycles. The van der Waals surface area contributed by atoms with Crippen molar-refractivity contribution in [2.24, 2.45) is 0 Å². The molecule has 0 aliphatic heterocycles. The third kappa shape index (κ3) is 4.39. The van der Waals surface area contributed by atoms with Crippen molar-refractivity contribution in [1.82, 2.24) is 15.0 Å². The van der Waals surface area contributed by atoms with E-state index in [1.165, 1.54) is 5.56 Å². The molecule has 0 saturated carbocycles. The highest BCUT2D eigenvalue weighted by molar-refractivity contribution is 7.13. The average Bonchev–Trinajstić information content (AvgIpc) is 3.21. The number of nitrogens with zero attached hydrogens (tertiary/aromatic N) is 3. The van der Waals surface area contributed by atoms with Gasteiger partial charge in [-0.05, 0) is 36.8 Å². The van der Waals surface area contributed by atoms with Crippen molar-refractivity contribution in [2.45, 2.75) is 13.3 Å². The van der Waals surface area contributed by atoms with E-state index in [1.54, 1.807) is 17.5 Å². The van der Waals surface area contributed by atoms with Gasteiger partial charge in [0.05, 0.1) is 11.2 Å². The van der Waals surface area contributed by atoms with Crippen LogP contribution in [0.15, 0.2) is 84.5 Å². The fourth-order valence-electron chi connectivity index (χ4n) is 3.38. The lowest BCUT2D eigenvalue weighted by atomic mass is 10.1. The van der Waals surface area contributed by atoms with Crippen LogP contribution in [0.25, 0.3) is 10.9 Å². The molecule has 5 rings (SSSR count). The first-order valence-corrected chi connectivity index (χ1v) is 10.9. The van der Waals surface area contributed by atoms with E-state index < -0.39 is 0 Å². The number of benzene rings is 2. The molecule has 0 unspecified atom stereocenters. The van der Waals surface area contributed by atoms with Crippen molar-refractivity contribution in [3.05, 3.63) is 101 Å². The first kappa shape index (κ1) is 19.2. The molecule has 0 spiro atoms. The van der Waals surface area contributed by atoms with Gasteiger partial charge in [0.15, 0.2) is 5.13 Å². The second kappa shape index (κ2) is 8.53. The molecule has 0 radical (unpaired) electrons. The predicted octanol–water partition coefficient (Wildman–Crippen LogP) is 6.52. The molecule has 6 heteroatoms. The van der Waals surface area contributed by atoms with Gasteiger partial charge in [-0.1, -0.05) is 36.4 Å². The quantitative estimate of drug-likeness (QED) is 0.336. The smallest absolute Gasteiger partial charge is 0.188 e. The number of hydrogen-bond donors (Lipinski definition) is 1. The molecule has 3 heterocycles. The van der Waals surface area contributed by atoms with Gasteiger partial charge in [-0.15, -0.1) is 11.3 Å². The summed E-state index contributed by atoms with van der Waals surface area (Å²) in [6.45, 7) is 1.97. The zero-order valence-corrected chi connectivity index (χ0v) is 17.8. The summed E-state index contributed by atoms with van der Waals surface area (Å²) in [6.07, 6.45) is 4.38. The highest BCUT2D eigenvalue weighted by Gasteiger charge is 2.12. The van der Waals surface area contributed by atoms with E-state index in [1.807, 2.05) is 73.1 Å². The Labute approximate surface area is 184 Å². The minimum Gasteiger partial charge on any atom is -0.456 e. The van der Waals surface area contributed by atoms with Crippen molar-refractivity contribution in [2.75, 3.05) is 5.32 Å². The number of thiazole rings is 1. The van der Waals surface area contributed by atoms with Crippen LogP contribution in [-0.2, 0) is 6.42 Å². The SMILES string of the molecule is Cc1csc(Nc2cc(Oc3cccc4ncccc34)c(Cc3ccccc3)cn2)n1. The second-order valence-electron chi connectivity index (χ2n) is 7.19. The van der Waals surface area contributed by atoms with Crippen LogP contribution in [0.5, 0.6) is 11.5 Å². The molecule has 3 aromatic heterocycles. The fraction of sp³-hybridized carbons (Fsp3) is 0.0800. The highest BCUT2D eigenvalue weighted by atomic mass is 32.1. The highest BCUT2D eigenvalue weighted by Crippen LogP contribution is 2.33. The summed E-state index contributed by atoms with van der Waals surface area (Å²) in [5.41, 5.74) is 4.08. The molecule has 5 nitrogen and oxygen atoms in total. The molecule has 0 saturated heterocycles. The molecular weight excluding hydrogens is 404 g/mol. The van der Waals surface area contributed by atoms with Crippen molar-refractivity contribution in [1.29, 1.82) is 0 Å². The van der Waals surface area contributed by atoms with E-state index in [4.69, 9.17) is 4.74 Å². The van der Waals surface area contributed by atoms with Gasteiger partial charge in [0.1, 0.15) is 17.3 Å². The first-order chi connectivity index (χ1) is 15.2. The second-order valence-corrected chi connectivity index (χ2v) is 8.05. The minimum atomic E-state index is 0.694. The Balaban J connectivity index is 1.53. The summed E-state index contributed by atoms with van der Waals surface area (Å²) in [5.74, 6) is 2.22. The number of pyridine rings is 2. The van der Waals surface area contributed by atoms with Crippen molar-refractivity contribution in [3.63, 3.8) is 0 Å². The number of nitrogens with one attached hydrogen (secondary N) is 1. The molecule has 0 amide bonds. The molecule has 0 bridgehead atoms. The van der Waals surface area contributed by atoms with Crippen LogP contribution < -0.4 is 10.1 Å². The van der Waals surface area contributed by atoms with Crippen molar-refractivity contribution < 1.29 is 4.74 Å². The third-order valence-electron chi connectivity index (χ3n) is 4.86. The van der Waals surface area contributed by atoms with E-state index in [9.17, 15) is 0 Å². The Morgan fingerprint density at radius 2 is 1.84 bits per heavy atom. The summed E-state index contributed by atoms with van der Waals surface area (Å²) in [4.78, 5) is 13.5. The van der Waals surface area contributed by atoms with Crippen molar-refractivity contribution in [3.8, 4) is 11.5 Å². The number of aryl methyl sites for hydroxylation is 1. The Morgan fingerprint density at radius 3 is 2.68 bits per heavy atom. The summed E-state index contributed by atoms with van der Waals surface area (Å²) in [7, 11) is 0. The maximum atomic E-state index is 6.44. The minimum absolute atomic E-state index is 0.694. The van der Waals surface area contributed by atoms with Gasteiger partial charge in [0, 0.05) is 41.2 Å². The van der Waals surface area contributed by atoms with E-state index in [0.717, 1.165) is 45.2 Å². The summed E-state index contributed by atoms with van der Waals surface area (Å²) >= 11 is 1.55. The molecule has 0 aliphatic rings. The van der Waals surface area contributed by atoms with E-state index in [0.29, 0.717) is 5.82 Å². The lowest BCUT2D eigenvalue weighted by Crippen LogP contribution is -1.99. The summed E-state index contributed by atoms with van der Waals surface area (Å²) < 4.78 is 6.44. The van der Waals surface area contributed by atoms with Gasteiger partial charge in [-0.25, -0.2) is 9.97 Å². The Kier molecular flexibility index (Phi) is 5.29. The molecule has 31 heavy (non-hydrogen) atoms. The average molecular weight is 425 g/mol. The van der Waals surface area contributed by atoms with Gasteiger partial charge in [-0.3, -0.25) is 4.98 Å². The third-order valence-corrected chi connectivity index (χ3v) is 5.74. The maximum Gasteiger partial charge on any atom is 0.188 e. The number of hydrogen-bond acceptors (Lipinski definition) is 6. The molecular formula is C25H20N4OS. The van der Waals surface area contributed by atoms with Gasteiger partial charge in [0.2, 0.25) is 0 Å². The lowest BCUT2D eigenvalue weighted by Gasteiger charge is -2.14. The fourth-order valence-corrected chi connectivity index (χ4v) is 4.08. The molecule has 152 valence electrons. The largest absolute Gasteiger partial charge is 0.456 e. The maximum absolute atomic E-state index is 6.44. The van der Waals surface area contributed by atoms with E-state index in [2.05, 4.69) is 32.4 Å². The van der Waals surface area contributed by atoms with Crippen LogP contribution in [0.2, 0.25) is 0 Å². The van der Waals surface area contributed by atoms with Gasteiger partial charge >= 0.3 is 0 Å². The van der Waals surface area contributed by atoms with Gasteiger partial charge < -0.3 is 10.1 Å². The number of fused-ring (bicyclic) bond motifs is 1. The van der Waals surface area contributed by atoms with Crippen LogP contribution in [0.1, 0.15) is 16.8 Å². The van der Waals surface area contributed by atoms with Gasteiger partial charge in [-0.2, -0.15) is 0 Å². The van der Waals surface area contributed by atoms with Crippen LogP contribution in [0.3, 0.4) is 0 Å². The molecule has 5 aromatic rings. The van der Waals surface area contributed by atoms with Crippen LogP contribution >= 0.6 is 11.3 Å². The summed E-state index contributed by atoms with van der Waals surface area (Å²) in [6, 6.07) is 22.1. The Hall–Kier alpha value is -3.77. The number of ether oxygens (including phenoxy) is 1. The topological polar surface area (TPSA) is 59.9 Å². The lowest BCUT2D eigenvalue weighted by molar-refractivity contribution is 0.482. The molecule has 0 atom stereocenters. The van der Waals surface area contributed by atoms with Gasteiger partial charge in [0.25, 0.3) is 0 Å². The van der Waals surface area contributed by atoms with Crippen LogP contribution in [0.4, 0.5) is 10.9 Å².